The van der Waals surface area contributed by atoms with E-state index in [1.807, 2.05) is 29.3 Å². The van der Waals surface area contributed by atoms with Gasteiger partial charge in [-0.1, -0.05) is 6.08 Å². The average Bonchev–Trinajstić information content (AvgIpc) is 2.04. The maximum Gasteiger partial charge on any atom is 0.143 e. The summed E-state index contributed by atoms with van der Waals surface area (Å²) in [5, 5.41) is 0. The van der Waals surface area contributed by atoms with Crippen LogP contribution in [0.2, 0.25) is 0 Å². The lowest BCUT2D eigenvalue weighted by Gasteiger charge is -2.24. The molecule has 0 bridgehead atoms. The number of hydrogen-bond donors (Lipinski definition) is 0. The first-order valence-electron chi connectivity index (χ1n) is 3.45. The van der Waals surface area contributed by atoms with Crippen molar-refractivity contribution in [2.24, 2.45) is 4.40 Å². The summed E-state index contributed by atoms with van der Waals surface area (Å²) in [6.07, 6.45) is 7.68. The van der Waals surface area contributed by atoms with Crippen molar-refractivity contribution < 1.29 is 4.21 Å². The zero-order valence-corrected chi connectivity index (χ0v) is 6.75. The predicted molar refractivity (Wildman–Crippen MR) is 45.4 cm³/mol. The lowest BCUT2D eigenvalue weighted by atomic mass is 10.3. The van der Waals surface area contributed by atoms with Crippen molar-refractivity contribution in [3.8, 4) is 0 Å². The van der Waals surface area contributed by atoms with E-state index in [4.69, 9.17) is 0 Å². The quantitative estimate of drug-likeness (QED) is 0.526. The highest BCUT2D eigenvalue weighted by molar-refractivity contribution is 7.83. The van der Waals surface area contributed by atoms with Gasteiger partial charge in [-0.25, -0.2) is 4.21 Å². The second-order valence-corrected chi connectivity index (χ2v) is 3.60. The molecule has 0 amide bonds. The molecule has 0 aromatic rings. The van der Waals surface area contributed by atoms with Crippen molar-refractivity contribution in [2.45, 2.75) is 0 Å². The van der Waals surface area contributed by atoms with Crippen molar-refractivity contribution in [3.05, 3.63) is 24.4 Å². The van der Waals surface area contributed by atoms with E-state index in [2.05, 4.69) is 4.40 Å². The zero-order chi connectivity index (χ0) is 7.68. The third-order valence-electron chi connectivity index (χ3n) is 1.62. The Morgan fingerprint density at radius 1 is 1.55 bits per heavy atom. The molecule has 0 fully saturated rings. The van der Waals surface area contributed by atoms with Crippen LogP contribution in [-0.2, 0) is 11.0 Å². The summed E-state index contributed by atoms with van der Waals surface area (Å²) in [6, 6.07) is 0. The topological polar surface area (TPSA) is 32.7 Å². The Labute approximate surface area is 67.7 Å². The van der Waals surface area contributed by atoms with Gasteiger partial charge in [-0.2, -0.15) is 4.40 Å². The molecule has 1 unspecified atom stereocenters. The first kappa shape index (κ1) is 6.79. The molecule has 0 aromatic carbocycles. The number of nitrogens with zero attached hydrogens (tertiary/aromatic N) is 2. The molecule has 2 heterocycles. The molecule has 2 aliphatic heterocycles. The zero-order valence-electron chi connectivity index (χ0n) is 5.93. The number of amidine groups is 1. The van der Waals surface area contributed by atoms with Gasteiger partial charge in [0.1, 0.15) is 16.8 Å². The van der Waals surface area contributed by atoms with E-state index in [1.165, 1.54) is 0 Å². The fraction of sp³-hybridized carbons (Fsp3) is 0.286. The molecule has 2 aliphatic rings. The van der Waals surface area contributed by atoms with Crippen LogP contribution in [0.3, 0.4) is 0 Å². The van der Waals surface area contributed by atoms with Crippen molar-refractivity contribution in [2.75, 3.05) is 12.3 Å². The van der Waals surface area contributed by atoms with Crippen molar-refractivity contribution in [1.29, 1.82) is 0 Å². The van der Waals surface area contributed by atoms with Crippen LogP contribution in [0.15, 0.2) is 28.8 Å². The molecule has 11 heavy (non-hydrogen) atoms. The normalized spacial score (nSPS) is 28.2. The summed E-state index contributed by atoms with van der Waals surface area (Å²) in [4.78, 5) is 2.00. The van der Waals surface area contributed by atoms with E-state index in [-0.39, 0.29) is 0 Å². The maximum atomic E-state index is 11.0. The Morgan fingerprint density at radius 3 is 3.36 bits per heavy atom. The third kappa shape index (κ3) is 1.26. The SMILES string of the molecule is O=S1CCN2C=CC=CC2=N1. The summed E-state index contributed by atoms with van der Waals surface area (Å²) in [5.74, 6) is 1.46. The van der Waals surface area contributed by atoms with Crippen LogP contribution in [0, 0.1) is 0 Å². The molecule has 4 heteroatoms. The minimum atomic E-state index is -0.997. The Kier molecular flexibility index (Phi) is 1.62. The van der Waals surface area contributed by atoms with Gasteiger partial charge in [0.05, 0.1) is 5.75 Å². The second kappa shape index (κ2) is 2.62. The first-order valence-corrected chi connectivity index (χ1v) is 4.72. The van der Waals surface area contributed by atoms with Gasteiger partial charge in [-0.15, -0.1) is 0 Å². The summed E-state index contributed by atoms with van der Waals surface area (Å²) in [7, 11) is -0.997. The standard InChI is InChI=1S/C7H8N2OS/c10-11-6-5-9-4-2-1-3-7(9)8-11/h1-4H,5-6H2. The Morgan fingerprint density at radius 2 is 2.45 bits per heavy atom. The maximum absolute atomic E-state index is 11.0. The second-order valence-electron chi connectivity index (χ2n) is 2.37. The Hall–Kier alpha value is -0.900. The number of rotatable bonds is 0. The smallest absolute Gasteiger partial charge is 0.143 e. The monoisotopic (exact) mass is 168 g/mol. The van der Waals surface area contributed by atoms with E-state index in [0.29, 0.717) is 5.75 Å². The van der Waals surface area contributed by atoms with E-state index < -0.39 is 11.0 Å². The largest absolute Gasteiger partial charge is 0.331 e. The van der Waals surface area contributed by atoms with Gasteiger partial charge >= 0.3 is 0 Å². The molecular formula is C7H8N2OS. The molecule has 0 N–H and O–H groups in total. The van der Waals surface area contributed by atoms with Crippen molar-refractivity contribution in [1.82, 2.24) is 4.90 Å². The van der Waals surface area contributed by atoms with Crippen LogP contribution in [0.5, 0.6) is 0 Å². The molecule has 0 aliphatic carbocycles. The van der Waals surface area contributed by atoms with Gasteiger partial charge in [0, 0.05) is 12.7 Å². The van der Waals surface area contributed by atoms with Crippen molar-refractivity contribution >= 4 is 16.8 Å². The fourth-order valence-corrected chi connectivity index (χ4v) is 1.88. The molecule has 0 radical (unpaired) electrons. The van der Waals surface area contributed by atoms with Gasteiger partial charge in [0.2, 0.25) is 0 Å². The lowest BCUT2D eigenvalue weighted by molar-refractivity contribution is 0.580. The Bertz CT molecular complexity index is 280. The highest BCUT2D eigenvalue weighted by Crippen LogP contribution is 2.08. The summed E-state index contributed by atoms with van der Waals surface area (Å²) in [5.41, 5.74) is 0. The van der Waals surface area contributed by atoms with E-state index in [1.54, 1.807) is 0 Å². The molecule has 0 spiro atoms. The van der Waals surface area contributed by atoms with Crippen LogP contribution >= 0.6 is 0 Å². The van der Waals surface area contributed by atoms with Gasteiger partial charge in [-0.3, -0.25) is 0 Å². The van der Waals surface area contributed by atoms with Gasteiger partial charge in [0.25, 0.3) is 0 Å². The summed E-state index contributed by atoms with van der Waals surface area (Å²) < 4.78 is 14.9. The van der Waals surface area contributed by atoms with Gasteiger partial charge in [-0.05, 0) is 12.2 Å². The van der Waals surface area contributed by atoms with Gasteiger partial charge < -0.3 is 4.90 Å². The number of allylic oxidation sites excluding steroid dienone is 2. The van der Waals surface area contributed by atoms with Crippen molar-refractivity contribution in [3.63, 3.8) is 0 Å². The fourth-order valence-electron chi connectivity index (χ4n) is 1.07. The average molecular weight is 168 g/mol. The van der Waals surface area contributed by atoms with Crippen LogP contribution < -0.4 is 0 Å². The van der Waals surface area contributed by atoms with Crippen LogP contribution in [-0.4, -0.2) is 27.2 Å². The van der Waals surface area contributed by atoms with Crippen LogP contribution in [0.1, 0.15) is 0 Å². The van der Waals surface area contributed by atoms with E-state index >= 15 is 0 Å². The molecular weight excluding hydrogens is 160 g/mol. The van der Waals surface area contributed by atoms with Crippen LogP contribution in [0.4, 0.5) is 0 Å². The number of hydrogen-bond acceptors (Lipinski definition) is 2. The molecule has 3 nitrogen and oxygen atoms in total. The minimum absolute atomic E-state index is 0.641. The number of fused-ring (bicyclic) bond motifs is 1. The first-order chi connectivity index (χ1) is 5.36. The molecule has 1 atom stereocenters. The molecule has 2 rings (SSSR count). The third-order valence-corrected chi connectivity index (χ3v) is 2.54. The minimum Gasteiger partial charge on any atom is -0.331 e. The summed E-state index contributed by atoms with van der Waals surface area (Å²) in [6.45, 7) is 0.812. The molecule has 0 saturated carbocycles. The highest BCUT2D eigenvalue weighted by atomic mass is 32.2. The predicted octanol–water partition coefficient (Wildman–Crippen LogP) is 0.448. The highest BCUT2D eigenvalue weighted by Gasteiger charge is 2.15. The molecule has 58 valence electrons. The summed E-state index contributed by atoms with van der Waals surface area (Å²) >= 11 is 0. The van der Waals surface area contributed by atoms with Crippen LogP contribution in [0.25, 0.3) is 0 Å². The van der Waals surface area contributed by atoms with E-state index in [0.717, 1.165) is 12.4 Å². The molecule has 0 aromatic heterocycles. The Balaban J connectivity index is 2.33. The molecule has 0 saturated heterocycles. The lowest BCUT2D eigenvalue weighted by Crippen LogP contribution is -2.33. The van der Waals surface area contributed by atoms with E-state index in [9.17, 15) is 4.21 Å². The van der Waals surface area contributed by atoms with Gasteiger partial charge in [0.15, 0.2) is 0 Å².